The molecule has 0 saturated heterocycles. The Morgan fingerprint density at radius 3 is 2.42 bits per heavy atom. The van der Waals surface area contributed by atoms with Crippen LogP contribution in [0.25, 0.3) is 0 Å². The van der Waals surface area contributed by atoms with Gasteiger partial charge >= 0.3 is 0 Å². The van der Waals surface area contributed by atoms with Gasteiger partial charge in [-0.05, 0) is 48.4 Å². The predicted octanol–water partition coefficient (Wildman–Crippen LogP) is 3.42. The first-order valence-electron chi connectivity index (χ1n) is 6.00. The Hall–Kier alpha value is -1.94. The minimum atomic E-state index is -0.744. The maximum atomic E-state index is 13.1. The summed E-state index contributed by atoms with van der Waals surface area (Å²) in [5, 5.41) is 13.0. The minimum absolute atomic E-state index is 0.260. The molecule has 100 valence electrons. The highest BCUT2D eigenvalue weighted by Crippen LogP contribution is 2.17. The Kier molecular flexibility index (Phi) is 4.12. The lowest BCUT2D eigenvalue weighted by molar-refractivity contribution is 0.191. The fraction of sp³-hybridized carbons (Fsp3) is 0.200. The van der Waals surface area contributed by atoms with Gasteiger partial charge in [-0.25, -0.2) is 8.78 Å². The molecule has 2 N–H and O–H groups in total. The fourth-order valence-corrected chi connectivity index (χ4v) is 1.77. The van der Waals surface area contributed by atoms with Gasteiger partial charge in [0.25, 0.3) is 0 Å². The van der Waals surface area contributed by atoms with Crippen LogP contribution in [-0.4, -0.2) is 11.7 Å². The van der Waals surface area contributed by atoms with Crippen molar-refractivity contribution in [2.24, 2.45) is 0 Å². The summed E-state index contributed by atoms with van der Waals surface area (Å²) in [4.78, 5) is 0. The Bertz CT molecular complexity index is 555. The van der Waals surface area contributed by atoms with Gasteiger partial charge in [0.05, 0.1) is 6.10 Å². The molecule has 0 amide bonds. The second-order valence-corrected chi connectivity index (χ2v) is 4.41. The third-order valence-electron chi connectivity index (χ3n) is 2.91. The highest BCUT2D eigenvalue weighted by atomic mass is 19.1. The van der Waals surface area contributed by atoms with Gasteiger partial charge in [0.2, 0.25) is 0 Å². The van der Waals surface area contributed by atoms with E-state index >= 15 is 0 Å². The smallest absolute Gasteiger partial charge is 0.126 e. The van der Waals surface area contributed by atoms with Crippen LogP contribution in [-0.2, 0) is 0 Å². The molecule has 0 spiro atoms. The number of aryl methyl sites for hydroxylation is 1. The summed E-state index contributed by atoms with van der Waals surface area (Å²) in [7, 11) is 0. The average molecular weight is 263 g/mol. The van der Waals surface area contributed by atoms with E-state index < -0.39 is 6.10 Å². The van der Waals surface area contributed by atoms with Crippen molar-refractivity contribution in [1.82, 2.24) is 0 Å². The number of hydrogen-bond acceptors (Lipinski definition) is 2. The third kappa shape index (κ3) is 3.51. The molecule has 2 aromatic rings. The molecule has 0 saturated carbocycles. The van der Waals surface area contributed by atoms with Crippen molar-refractivity contribution in [2.75, 3.05) is 11.9 Å². The van der Waals surface area contributed by atoms with Gasteiger partial charge in [-0.1, -0.05) is 12.1 Å². The van der Waals surface area contributed by atoms with Crippen LogP contribution in [0.2, 0.25) is 0 Å². The number of aliphatic hydroxyl groups is 1. The van der Waals surface area contributed by atoms with Gasteiger partial charge < -0.3 is 10.4 Å². The van der Waals surface area contributed by atoms with E-state index in [1.165, 1.54) is 30.3 Å². The van der Waals surface area contributed by atoms with Gasteiger partial charge in [-0.2, -0.15) is 0 Å². The molecule has 0 radical (unpaired) electrons. The van der Waals surface area contributed by atoms with Gasteiger partial charge in [-0.3, -0.25) is 0 Å². The first-order valence-corrected chi connectivity index (χ1v) is 6.00. The van der Waals surface area contributed by atoms with E-state index in [2.05, 4.69) is 5.32 Å². The Morgan fingerprint density at radius 2 is 1.79 bits per heavy atom. The Morgan fingerprint density at radius 1 is 1.11 bits per heavy atom. The quantitative estimate of drug-likeness (QED) is 0.886. The second-order valence-electron chi connectivity index (χ2n) is 4.41. The topological polar surface area (TPSA) is 32.3 Å². The molecule has 4 heteroatoms. The van der Waals surface area contributed by atoms with Gasteiger partial charge in [0.15, 0.2) is 0 Å². The molecule has 1 unspecified atom stereocenters. The summed E-state index contributed by atoms with van der Waals surface area (Å²) in [6.45, 7) is 1.95. The Labute approximate surface area is 110 Å². The van der Waals surface area contributed by atoms with Crippen LogP contribution in [0.3, 0.4) is 0 Å². The summed E-state index contributed by atoms with van der Waals surface area (Å²) >= 11 is 0. The molecule has 0 fully saturated rings. The van der Waals surface area contributed by atoms with Crippen molar-refractivity contribution >= 4 is 5.69 Å². The van der Waals surface area contributed by atoms with Crippen molar-refractivity contribution in [1.29, 1.82) is 0 Å². The SMILES string of the molecule is Cc1cc(NCC(O)c2ccc(F)cc2)ccc1F. The second kappa shape index (κ2) is 5.80. The highest BCUT2D eigenvalue weighted by molar-refractivity contribution is 5.46. The fourth-order valence-electron chi connectivity index (χ4n) is 1.77. The van der Waals surface area contributed by atoms with E-state index in [1.54, 1.807) is 19.1 Å². The van der Waals surface area contributed by atoms with E-state index in [-0.39, 0.29) is 18.2 Å². The van der Waals surface area contributed by atoms with Crippen LogP contribution >= 0.6 is 0 Å². The van der Waals surface area contributed by atoms with E-state index in [9.17, 15) is 13.9 Å². The molecule has 19 heavy (non-hydrogen) atoms. The van der Waals surface area contributed by atoms with E-state index in [1.807, 2.05) is 0 Å². The molecule has 2 aromatic carbocycles. The molecule has 0 bridgehead atoms. The number of rotatable bonds is 4. The molecule has 1 atom stereocenters. The first-order chi connectivity index (χ1) is 9.06. The third-order valence-corrected chi connectivity index (χ3v) is 2.91. The molecule has 0 aliphatic heterocycles. The molecular weight excluding hydrogens is 248 g/mol. The average Bonchev–Trinajstić information content (AvgIpc) is 2.40. The van der Waals surface area contributed by atoms with Crippen molar-refractivity contribution < 1.29 is 13.9 Å². The van der Waals surface area contributed by atoms with Crippen molar-refractivity contribution in [3.05, 3.63) is 65.2 Å². The molecular formula is C15H15F2NO. The summed E-state index contributed by atoms with van der Waals surface area (Å²) in [6.07, 6.45) is -0.744. The van der Waals surface area contributed by atoms with Crippen LogP contribution in [0, 0.1) is 18.6 Å². The number of benzene rings is 2. The van der Waals surface area contributed by atoms with Gasteiger partial charge in [0, 0.05) is 12.2 Å². The van der Waals surface area contributed by atoms with Crippen LogP contribution in [0.5, 0.6) is 0 Å². The Balaban J connectivity index is 1.98. The lowest BCUT2D eigenvalue weighted by Crippen LogP contribution is -2.12. The summed E-state index contributed by atoms with van der Waals surface area (Å²) in [6, 6.07) is 10.4. The largest absolute Gasteiger partial charge is 0.387 e. The summed E-state index contributed by atoms with van der Waals surface area (Å²) in [5.74, 6) is -0.595. The van der Waals surface area contributed by atoms with Crippen LogP contribution in [0.1, 0.15) is 17.2 Å². The normalized spacial score (nSPS) is 12.2. The molecule has 0 aliphatic carbocycles. The molecule has 0 aromatic heterocycles. The van der Waals surface area contributed by atoms with Crippen molar-refractivity contribution in [2.45, 2.75) is 13.0 Å². The maximum Gasteiger partial charge on any atom is 0.126 e. The van der Waals surface area contributed by atoms with E-state index in [4.69, 9.17) is 0 Å². The number of hydrogen-bond donors (Lipinski definition) is 2. The van der Waals surface area contributed by atoms with Crippen LogP contribution < -0.4 is 5.32 Å². The van der Waals surface area contributed by atoms with E-state index in [0.717, 1.165) is 5.69 Å². The molecule has 0 heterocycles. The zero-order chi connectivity index (χ0) is 13.8. The van der Waals surface area contributed by atoms with Crippen LogP contribution in [0.4, 0.5) is 14.5 Å². The zero-order valence-electron chi connectivity index (χ0n) is 10.5. The van der Waals surface area contributed by atoms with Gasteiger partial charge in [0.1, 0.15) is 11.6 Å². The van der Waals surface area contributed by atoms with Gasteiger partial charge in [-0.15, -0.1) is 0 Å². The molecule has 2 nitrogen and oxygen atoms in total. The molecule has 0 aliphatic rings. The van der Waals surface area contributed by atoms with Crippen LogP contribution in [0.15, 0.2) is 42.5 Å². The first kappa shape index (κ1) is 13.5. The maximum absolute atomic E-state index is 13.1. The predicted molar refractivity (Wildman–Crippen MR) is 71.0 cm³/mol. The zero-order valence-corrected chi connectivity index (χ0v) is 10.5. The number of anilines is 1. The van der Waals surface area contributed by atoms with Crippen molar-refractivity contribution in [3.8, 4) is 0 Å². The standard InChI is InChI=1S/C15H15F2NO/c1-10-8-13(6-7-14(10)17)18-9-15(19)11-2-4-12(16)5-3-11/h2-8,15,18-19H,9H2,1H3. The minimum Gasteiger partial charge on any atom is -0.387 e. The summed E-state index contributed by atoms with van der Waals surface area (Å²) in [5.41, 5.74) is 1.91. The number of halogens is 2. The summed E-state index contributed by atoms with van der Waals surface area (Å²) < 4.78 is 25.8. The van der Waals surface area contributed by atoms with Crippen molar-refractivity contribution in [3.63, 3.8) is 0 Å². The lowest BCUT2D eigenvalue weighted by atomic mass is 10.1. The number of aliphatic hydroxyl groups excluding tert-OH is 1. The molecule has 2 rings (SSSR count). The monoisotopic (exact) mass is 263 g/mol. The lowest BCUT2D eigenvalue weighted by Gasteiger charge is -2.13. The number of nitrogens with one attached hydrogen (secondary N) is 1. The highest BCUT2D eigenvalue weighted by Gasteiger charge is 2.07. The van der Waals surface area contributed by atoms with E-state index in [0.29, 0.717) is 11.1 Å².